The first-order valence-corrected chi connectivity index (χ1v) is 5.55. The molecule has 0 aromatic carbocycles. The molecule has 2 aromatic rings. The van der Waals surface area contributed by atoms with Crippen molar-refractivity contribution in [3.8, 4) is 0 Å². The zero-order valence-electron chi connectivity index (χ0n) is 10.1. The van der Waals surface area contributed by atoms with E-state index in [1.54, 1.807) is 15.6 Å². The minimum atomic E-state index is 0.107. The van der Waals surface area contributed by atoms with Crippen LogP contribution in [-0.4, -0.2) is 31.3 Å². The molecule has 0 saturated heterocycles. The number of aromatic nitrogens is 4. The highest BCUT2D eigenvalue weighted by Gasteiger charge is 2.03. The number of aliphatic hydroxyl groups is 1. The number of aryl methyl sites for hydroxylation is 2. The van der Waals surface area contributed by atoms with E-state index in [0.29, 0.717) is 13.1 Å². The molecule has 0 aliphatic rings. The van der Waals surface area contributed by atoms with Crippen molar-refractivity contribution in [1.82, 2.24) is 19.6 Å². The number of nitrogens with zero attached hydrogens (tertiary/aromatic N) is 4. The van der Waals surface area contributed by atoms with E-state index in [4.69, 9.17) is 5.11 Å². The summed E-state index contributed by atoms with van der Waals surface area (Å²) in [5.41, 5.74) is 3.10. The van der Waals surface area contributed by atoms with Gasteiger partial charge in [-0.3, -0.25) is 9.36 Å². The summed E-state index contributed by atoms with van der Waals surface area (Å²) in [6, 6.07) is 0. The molecule has 0 fully saturated rings. The van der Waals surface area contributed by atoms with Crippen LogP contribution in [0.1, 0.15) is 11.3 Å². The molecule has 6 heteroatoms. The van der Waals surface area contributed by atoms with Gasteiger partial charge < -0.3 is 10.4 Å². The Labute approximate surface area is 99.9 Å². The van der Waals surface area contributed by atoms with E-state index in [1.807, 2.05) is 26.4 Å². The van der Waals surface area contributed by atoms with Crippen molar-refractivity contribution in [1.29, 1.82) is 0 Å². The molecule has 0 aliphatic carbocycles. The minimum absolute atomic E-state index is 0.107. The van der Waals surface area contributed by atoms with Crippen molar-refractivity contribution in [2.75, 3.05) is 11.9 Å². The van der Waals surface area contributed by atoms with Crippen LogP contribution in [0, 0.1) is 6.92 Å². The molecule has 92 valence electrons. The second kappa shape index (κ2) is 5.01. The second-order valence-electron chi connectivity index (χ2n) is 3.99. The first-order valence-electron chi connectivity index (χ1n) is 5.55. The maximum absolute atomic E-state index is 8.79. The summed E-state index contributed by atoms with van der Waals surface area (Å²) in [6.07, 6.45) is 5.68. The van der Waals surface area contributed by atoms with Crippen LogP contribution in [-0.2, 0) is 20.1 Å². The largest absolute Gasteiger partial charge is 0.394 e. The monoisotopic (exact) mass is 235 g/mol. The van der Waals surface area contributed by atoms with Gasteiger partial charge in [-0.25, -0.2) is 0 Å². The maximum atomic E-state index is 8.79. The van der Waals surface area contributed by atoms with Crippen LogP contribution >= 0.6 is 0 Å². The number of anilines is 1. The van der Waals surface area contributed by atoms with Gasteiger partial charge in [0.15, 0.2) is 0 Å². The molecular formula is C11H17N5O. The summed E-state index contributed by atoms with van der Waals surface area (Å²) < 4.78 is 3.51. The maximum Gasteiger partial charge on any atom is 0.0825 e. The summed E-state index contributed by atoms with van der Waals surface area (Å²) >= 11 is 0. The molecule has 2 rings (SSSR count). The number of aliphatic hydroxyl groups excluding tert-OH is 1. The molecule has 6 nitrogen and oxygen atoms in total. The third-order valence-electron chi connectivity index (χ3n) is 2.51. The van der Waals surface area contributed by atoms with E-state index in [0.717, 1.165) is 16.9 Å². The molecule has 0 saturated carbocycles. The van der Waals surface area contributed by atoms with Crippen LogP contribution in [0.2, 0.25) is 0 Å². The highest BCUT2D eigenvalue weighted by Crippen LogP contribution is 2.12. The number of hydrogen-bond donors (Lipinski definition) is 2. The van der Waals surface area contributed by atoms with E-state index >= 15 is 0 Å². The average molecular weight is 235 g/mol. The van der Waals surface area contributed by atoms with E-state index in [9.17, 15) is 0 Å². The Hall–Kier alpha value is -1.82. The Morgan fingerprint density at radius 3 is 2.88 bits per heavy atom. The van der Waals surface area contributed by atoms with Gasteiger partial charge in [-0.2, -0.15) is 10.2 Å². The van der Waals surface area contributed by atoms with Crippen molar-refractivity contribution in [3.05, 3.63) is 29.8 Å². The quantitative estimate of drug-likeness (QED) is 0.793. The molecule has 2 aromatic heterocycles. The summed E-state index contributed by atoms with van der Waals surface area (Å²) in [4.78, 5) is 0. The second-order valence-corrected chi connectivity index (χ2v) is 3.99. The molecule has 17 heavy (non-hydrogen) atoms. The normalized spacial score (nSPS) is 10.8. The Balaban J connectivity index is 1.95. The molecule has 0 spiro atoms. The molecule has 0 unspecified atom stereocenters. The topological polar surface area (TPSA) is 67.9 Å². The lowest BCUT2D eigenvalue weighted by Gasteiger charge is -2.01. The third-order valence-corrected chi connectivity index (χ3v) is 2.51. The van der Waals surface area contributed by atoms with Crippen LogP contribution in [0.5, 0.6) is 0 Å². The standard InChI is InChI=1S/C11H17N5O/c1-9-11(8-15(2)14-9)12-5-10-6-13-16(7-10)3-4-17/h6-8,12,17H,3-5H2,1-2H3. The number of nitrogens with one attached hydrogen (secondary N) is 1. The van der Waals surface area contributed by atoms with E-state index in [2.05, 4.69) is 15.5 Å². The lowest BCUT2D eigenvalue weighted by atomic mass is 10.3. The molecule has 2 N–H and O–H groups in total. The predicted molar refractivity (Wildman–Crippen MR) is 64.6 cm³/mol. The smallest absolute Gasteiger partial charge is 0.0825 e. The fourth-order valence-electron chi connectivity index (χ4n) is 1.69. The zero-order chi connectivity index (χ0) is 12.3. The van der Waals surface area contributed by atoms with Gasteiger partial charge in [-0.05, 0) is 6.92 Å². The fraction of sp³-hybridized carbons (Fsp3) is 0.455. The average Bonchev–Trinajstić information content (AvgIpc) is 2.83. The molecular weight excluding hydrogens is 218 g/mol. The molecule has 0 aliphatic heterocycles. The summed E-state index contributed by atoms with van der Waals surface area (Å²) in [5, 5.41) is 20.5. The number of rotatable bonds is 5. The fourth-order valence-corrected chi connectivity index (χ4v) is 1.69. The first kappa shape index (κ1) is 11.7. The summed E-state index contributed by atoms with van der Waals surface area (Å²) in [7, 11) is 1.90. The predicted octanol–water partition coefficient (Wildman–Crippen LogP) is 0.529. The van der Waals surface area contributed by atoms with Crippen LogP contribution in [0.3, 0.4) is 0 Å². The lowest BCUT2D eigenvalue weighted by Crippen LogP contribution is -2.02. The highest BCUT2D eigenvalue weighted by atomic mass is 16.3. The van der Waals surface area contributed by atoms with Gasteiger partial charge >= 0.3 is 0 Å². The summed E-state index contributed by atoms with van der Waals surface area (Å²) in [5.74, 6) is 0. The molecule has 0 amide bonds. The van der Waals surface area contributed by atoms with Gasteiger partial charge in [0.2, 0.25) is 0 Å². The highest BCUT2D eigenvalue weighted by molar-refractivity contribution is 5.45. The van der Waals surface area contributed by atoms with Crippen LogP contribution in [0.25, 0.3) is 0 Å². The van der Waals surface area contributed by atoms with Crippen LogP contribution in [0.4, 0.5) is 5.69 Å². The summed E-state index contributed by atoms with van der Waals surface area (Å²) in [6.45, 7) is 3.32. The molecule has 0 radical (unpaired) electrons. The molecule has 0 bridgehead atoms. The van der Waals surface area contributed by atoms with Crippen molar-refractivity contribution < 1.29 is 5.11 Å². The van der Waals surface area contributed by atoms with E-state index in [1.165, 1.54) is 0 Å². The first-order chi connectivity index (χ1) is 8.19. The Bertz CT molecular complexity index is 488. The van der Waals surface area contributed by atoms with Crippen LogP contribution in [0.15, 0.2) is 18.6 Å². The Morgan fingerprint density at radius 2 is 2.24 bits per heavy atom. The van der Waals surface area contributed by atoms with Crippen molar-refractivity contribution >= 4 is 5.69 Å². The lowest BCUT2D eigenvalue weighted by molar-refractivity contribution is 0.269. The van der Waals surface area contributed by atoms with Gasteiger partial charge in [-0.15, -0.1) is 0 Å². The SMILES string of the molecule is Cc1nn(C)cc1NCc1cnn(CCO)c1. The van der Waals surface area contributed by atoms with Gasteiger partial charge in [0.05, 0.1) is 30.7 Å². The van der Waals surface area contributed by atoms with Gasteiger partial charge in [0.1, 0.15) is 0 Å². The van der Waals surface area contributed by atoms with Gasteiger partial charge in [-0.1, -0.05) is 0 Å². The van der Waals surface area contributed by atoms with Gasteiger partial charge in [0.25, 0.3) is 0 Å². The minimum Gasteiger partial charge on any atom is -0.394 e. The van der Waals surface area contributed by atoms with Crippen molar-refractivity contribution in [2.24, 2.45) is 7.05 Å². The molecule has 2 heterocycles. The van der Waals surface area contributed by atoms with Crippen LogP contribution < -0.4 is 5.32 Å². The van der Waals surface area contributed by atoms with Crippen molar-refractivity contribution in [3.63, 3.8) is 0 Å². The zero-order valence-corrected chi connectivity index (χ0v) is 10.1. The third kappa shape index (κ3) is 2.85. The van der Waals surface area contributed by atoms with Crippen molar-refractivity contribution in [2.45, 2.75) is 20.0 Å². The number of hydrogen-bond acceptors (Lipinski definition) is 4. The Morgan fingerprint density at radius 1 is 1.41 bits per heavy atom. The van der Waals surface area contributed by atoms with E-state index < -0.39 is 0 Å². The van der Waals surface area contributed by atoms with E-state index in [-0.39, 0.29) is 6.61 Å². The Kier molecular flexibility index (Phi) is 3.43. The molecule has 0 atom stereocenters. The van der Waals surface area contributed by atoms with Gasteiger partial charge in [0, 0.05) is 31.5 Å².